The van der Waals surface area contributed by atoms with E-state index in [0.717, 1.165) is 18.0 Å². The van der Waals surface area contributed by atoms with E-state index in [2.05, 4.69) is 4.57 Å². The van der Waals surface area contributed by atoms with Crippen LogP contribution in [0.4, 0.5) is 0 Å². The lowest BCUT2D eigenvalue weighted by Crippen LogP contribution is -2.19. The van der Waals surface area contributed by atoms with E-state index >= 15 is 0 Å². The third kappa shape index (κ3) is 1.82. The van der Waals surface area contributed by atoms with E-state index in [0.29, 0.717) is 0 Å². The molecule has 2 rings (SSSR count). The van der Waals surface area contributed by atoms with Crippen LogP contribution >= 0.6 is 0 Å². The molecule has 0 aliphatic heterocycles. The first kappa shape index (κ1) is 8.54. The summed E-state index contributed by atoms with van der Waals surface area (Å²) < 4.78 is 2.14. The Hall–Kier alpha value is -1.05. The Kier molecular flexibility index (Phi) is 2.21. The van der Waals surface area contributed by atoms with Crippen LogP contribution in [0.3, 0.4) is 0 Å². The molecular weight excluding hydrogens is 162 g/mol. The van der Waals surface area contributed by atoms with Crippen molar-refractivity contribution < 1.29 is 0 Å². The molecule has 70 valence electrons. The first-order valence-electron chi connectivity index (χ1n) is 4.92. The minimum atomic E-state index is 0.143. The van der Waals surface area contributed by atoms with Gasteiger partial charge in [0.1, 0.15) is 0 Å². The zero-order valence-corrected chi connectivity index (χ0v) is 7.99. The molecule has 13 heavy (non-hydrogen) atoms. The number of hydrogen-bond donors (Lipinski definition) is 0. The van der Waals surface area contributed by atoms with E-state index in [9.17, 15) is 4.79 Å². The lowest BCUT2D eigenvalue weighted by atomic mass is 9.85. The minimum absolute atomic E-state index is 0.143. The average Bonchev–Trinajstić information content (AvgIpc) is 2.04. The third-order valence-corrected chi connectivity index (χ3v) is 2.86. The van der Waals surface area contributed by atoms with Gasteiger partial charge in [-0.1, -0.05) is 6.42 Å². The van der Waals surface area contributed by atoms with Crippen molar-refractivity contribution in [1.29, 1.82) is 0 Å². The topological polar surface area (TPSA) is 22.0 Å². The molecule has 0 spiro atoms. The van der Waals surface area contributed by atoms with Gasteiger partial charge < -0.3 is 4.57 Å². The fraction of sp³-hybridized carbons (Fsp3) is 0.545. The van der Waals surface area contributed by atoms with Gasteiger partial charge in [0.25, 0.3) is 0 Å². The monoisotopic (exact) mass is 177 g/mol. The summed E-state index contributed by atoms with van der Waals surface area (Å²) in [6.07, 6.45) is 7.94. The summed E-state index contributed by atoms with van der Waals surface area (Å²) in [6, 6.07) is 1.66. The zero-order valence-electron chi connectivity index (χ0n) is 7.99. The lowest BCUT2D eigenvalue weighted by molar-refractivity contribution is 0.276. The van der Waals surface area contributed by atoms with E-state index in [1.165, 1.54) is 19.3 Å². The summed E-state index contributed by atoms with van der Waals surface area (Å²) in [5.74, 6) is 0.849. The molecule has 2 heteroatoms. The standard InChI is InChI=1S/C11H15NO/c1-9-7-12(6-5-11(9)13)8-10-3-2-4-10/h5-7,10H,2-4,8H2,1H3. The molecule has 0 aromatic carbocycles. The van der Waals surface area contributed by atoms with Gasteiger partial charge in [-0.2, -0.15) is 0 Å². The van der Waals surface area contributed by atoms with E-state index in [-0.39, 0.29) is 5.43 Å². The second-order valence-corrected chi connectivity index (χ2v) is 3.99. The van der Waals surface area contributed by atoms with Crippen LogP contribution in [-0.4, -0.2) is 4.57 Å². The summed E-state index contributed by atoms with van der Waals surface area (Å²) in [4.78, 5) is 11.1. The maximum absolute atomic E-state index is 11.1. The predicted molar refractivity (Wildman–Crippen MR) is 52.8 cm³/mol. The molecule has 1 heterocycles. The molecule has 1 aliphatic carbocycles. The van der Waals surface area contributed by atoms with Crippen LogP contribution < -0.4 is 5.43 Å². The Labute approximate surface area is 78.2 Å². The molecular formula is C11H15NO. The molecule has 0 atom stereocenters. The van der Waals surface area contributed by atoms with Crippen LogP contribution in [0.1, 0.15) is 24.8 Å². The molecule has 0 radical (unpaired) electrons. The van der Waals surface area contributed by atoms with Gasteiger partial charge in [-0.15, -0.1) is 0 Å². The SMILES string of the molecule is Cc1cn(CC2CCC2)ccc1=O. The van der Waals surface area contributed by atoms with Gasteiger partial charge in [-0.3, -0.25) is 4.79 Å². The molecule has 1 aromatic heterocycles. The molecule has 0 N–H and O–H groups in total. The molecule has 1 fully saturated rings. The third-order valence-electron chi connectivity index (χ3n) is 2.86. The Morgan fingerprint density at radius 3 is 2.85 bits per heavy atom. The number of pyridine rings is 1. The molecule has 1 aromatic rings. The van der Waals surface area contributed by atoms with Crippen LogP contribution in [0, 0.1) is 12.8 Å². The summed E-state index contributed by atoms with van der Waals surface area (Å²) in [5.41, 5.74) is 0.992. The van der Waals surface area contributed by atoms with Crippen LogP contribution in [0.2, 0.25) is 0 Å². The fourth-order valence-electron chi connectivity index (χ4n) is 1.74. The van der Waals surface area contributed by atoms with Crippen LogP contribution in [0.5, 0.6) is 0 Å². The Morgan fingerprint density at radius 2 is 2.31 bits per heavy atom. The van der Waals surface area contributed by atoms with Crippen LogP contribution in [-0.2, 0) is 6.54 Å². The molecule has 2 nitrogen and oxygen atoms in total. The molecule has 1 saturated carbocycles. The van der Waals surface area contributed by atoms with Crippen LogP contribution in [0.25, 0.3) is 0 Å². The number of hydrogen-bond acceptors (Lipinski definition) is 1. The average molecular weight is 177 g/mol. The molecule has 0 amide bonds. The first-order chi connectivity index (χ1) is 6.25. The highest BCUT2D eigenvalue weighted by atomic mass is 16.1. The lowest BCUT2D eigenvalue weighted by Gasteiger charge is -2.26. The summed E-state index contributed by atoms with van der Waals surface area (Å²) >= 11 is 0. The highest BCUT2D eigenvalue weighted by Crippen LogP contribution is 2.27. The van der Waals surface area contributed by atoms with Crippen molar-refractivity contribution in [2.45, 2.75) is 32.7 Å². The highest BCUT2D eigenvalue weighted by Gasteiger charge is 2.17. The van der Waals surface area contributed by atoms with E-state index in [1.54, 1.807) is 6.07 Å². The molecule has 0 unspecified atom stereocenters. The summed E-state index contributed by atoms with van der Waals surface area (Å²) in [5, 5.41) is 0. The van der Waals surface area contributed by atoms with Gasteiger partial charge in [0.05, 0.1) is 0 Å². The number of nitrogens with zero attached hydrogens (tertiary/aromatic N) is 1. The van der Waals surface area contributed by atoms with E-state index in [4.69, 9.17) is 0 Å². The Bertz CT molecular complexity index is 349. The van der Waals surface area contributed by atoms with Crippen molar-refractivity contribution in [3.8, 4) is 0 Å². The van der Waals surface area contributed by atoms with Crippen LogP contribution in [0.15, 0.2) is 23.3 Å². The second kappa shape index (κ2) is 3.36. The molecule has 1 aliphatic rings. The smallest absolute Gasteiger partial charge is 0.184 e. The molecule has 0 saturated heterocycles. The van der Waals surface area contributed by atoms with Crippen molar-refractivity contribution in [2.75, 3.05) is 0 Å². The maximum Gasteiger partial charge on any atom is 0.184 e. The van der Waals surface area contributed by atoms with Gasteiger partial charge in [-0.25, -0.2) is 0 Å². The number of rotatable bonds is 2. The minimum Gasteiger partial charge on any atom is -0.353 e. The zero-order chi connectivity index (χ0) is 9.26. The van der Waals surface area contributed by atoms with Gasteiger partial charge in [-0.05, 0) is 25.7 Å². The predicted octanol–water partition coefficient (Wildman–Crippen LogP) is 1.96. The van der Waals surface area contributed by atoms with Gasteiger partial charge in [0.15, 0.2) is 5.43 Å². The quantitative estimate of drug-likeness (QED) is 0.676. The van der Waals surface area contributed by atoms with Crippen molar-refractivity contribution >= 4 is 0 Å². The van der Waals surface area contributed by atoms with Gasteiger partial charge in [0.2, 0.25) is 0 Å². The Morgan fingerprint density at radius 1 is 1.54 bits per heavy atom. The maximum atomic E-state index is 11.1. The molecule has 0 bridgehead atoms. The number of aryl methyl sites for hydroxylation is 1. The largest absolute Gasteiger partial charge is 0.353 e. The van der Waals surface area contributed by atoms with E-state index < -0.39 is 0 Å². The van der Waals surface area contributed by atoms with Crippen molar-refractivity contribution in [2.24, 2.45) is 5.92 Å². The normalized spacial score (nSPS) is 17.0. The van der Waals surface area contributed by atoms with Crippen molar-refractivity contribution in [1.82, 2.24) is 4.57 Å². The fourth-order valence-corrected chi connectivity index (χ4v) is 1.74. The summed E-state index contributed by atoms with van der Waals surface area (Å²) in [7, 11) is 0. The van der Waals surface area contributed by atoms with Gasteiger partial charge in [0, 0.05) is 30.6 Å². The van der Waals surface area contributed by atoms with E-state index in [1.807, 2.05) is 19.3 Å². The highest BCUT2D eigenvalue weighted by molar-refractivity contribution is 5.07. The number of aromatic nitrogens is 1. The van der Waals surface area contributed by atoms with Crippen molar-refractivity contribution in [3.05, 3.63) is 34.2 Å². The first-order valence-corrected chi connectivity index (χ1v) is 4.92. The Balaban J connectivity index is 2.11. The summed E-state index contributed by atoms with van der Waals surface area (Å²) in [6.45, 7) is 2.96. The second-order valence-electron chi connectivity index (χ2n) is 3.99. The van der Waals surface area contributed by atoms with Gasteiger partial charge >= 0.3 is 0 Å². The van der Waals surface area contributed by atoms with Crippen molar-refractivity contribution in [3.63, 3.8) is 0 Å².